The van der Waals surface area contributed by atoms with Crippen LogP contribution in [0.2, 0.25) is 0 Å². The third kappa shape index (κ3) is 5.65. The van der Waals surface area contributed by atoms with Crippen LogP contribution in [0, 0.1) is 5.92 Å². The normalized spacial score (nSPS) is 15.2. The lowest BCUT2D eigenvalue weighted by molar-refractivity contribution is -0.137. The van der Waals surface area contributed by atoms with Crippen molar-refractivity contribution in [1.29, 1.82) is 0 Å². The van der Waals surface area contributed by atoms with Crippen LogP contribution < -0.4 is 5.32 Å². The summed E-state index contributed by atoms with van der Waals surface area (Å²) in [4.78, 5) is 0. The second kappa shape index (κ2) is 7.77. The fraction of sp³-hybridized carbons (Fsp3) is 0.600. The summed E-state index contributed by atoms with van der Waals surface area (Å²) in [6.45, 7) is 4.12. The maximum atomic E-state index is 12.6. The zero-order valence-electron chi connectivity index (χ0n) is 12.2. The first-order valence-corrected chi connectivity index (χ1v) is 6.95. The van der Waals surface area contributed by atoms with Gasteiger partial charge in [-0.05, 0) is 30.0 Å². The molecule has 0 fully saturated rings. The van der Waals surface area contributed by atoms with E-state index in [-0.39, 0.29) is 30.7 Å². The quantitative estimate of drug-likeness (QED) is 0.726. The molecule has 21 heavy (non-hydrogen) atoms. The molecule has 0 saturated heterocycles. The lowest BCUT2D eigenvalue weighted by Crippen LogP contribution is -2.37. The monoisotopic (exact) mass is 305 g/mol. The van der Waals surface area contributed by atoms with Crippen molar-refractivity contribution in [3.63, 3.8) is 0 Å². The molecule has 120 valence electrons. The highest BCUT2D eigenvalue weighted by Crippen LogP contribution is 2.30. The molecule has 0 radical (unpaired) electrons. The van der Waals surface area contributed by atoms with Crippen molar-refractivity contribution in [2.24, 2.45) is 5.92 Å². The number of aliphatic hydroxyl groups is 2. The predicted octanol–water partition coefficient (Wildman–Crippen LogP) is 2.74. The standard InChI is InChI=1S/C15H22F3NO2/c1-10(2)13(6-7-20)19-9-14(21)11-4-3-5-12(8-11)15(16,17)18/h3-5,8,10,13-14,19-21H,6-7,9H2,1-2H3. The molecule has 1 aromatic rings. The molecule has 0 aromatic heterocycles. The van der Waals surface area contributed by atoms with Crippen LogP contribution in [0.3, 0.4) is 0 Å². The second-order valence-electron chi connectivity index (χ2n) is 5.41. The van der Waals surface area contributed by atoms with E-state index in [0.29, 0.717) is 6.42 Å². The van der Waals surface area contributed by atoms with E-state index < -0.39 is 17.8 Å². The topological polar surface area (TPSA) is 52.5 Å². The first-order valence-electron chi connectivity index (χ1n) is 6.95. The van der Waals surface area contributed by atoms with Gasteiger partial charge in [-0.25, -0.2) is 0 Å². The molecule has 3 nitrogen and oxygen atoms in total. The summed E-state index contributed by atoms with van der Waals surface area (Å²) in [6.07, 6.45) is -4.90. The number of hydrogen-bond acceptors (Lipinski definition) is 3. The molecule has 3 N–H and O–H groups in total. The van der Waals surface area contributed by atoms with E-state index >= 15 is 0 Å². The molecule has 0 aliphatic carbocycles. The van der Waals surface area contributed by atoms with Gasteiger partial charge in [0.2, 0.25) is 0 Å². The summed E-state index contributed by atoms with van der Waals surface area (Å²) in [5, 5.41) is 22.1. The van der Waals surface area contributed by atoms with Crippen molar-refractivity contribution in [3.8, 4) is 0 Å². The molecule has 0 amide bonds. The molecule has 1 rings (SSSR count). The van der Waals surface area contributed by atoms with Crippen LogP contribution in [0.1, 0.15) is 37.5 Å². The Hall–Kier alpha value is -1.11. The van der Waals surface area contributed by atoms with Gasteiger partial charge < -0.3 is 15.5 Å². The molecule has 0 spiro atoms. The highest BCUT2D eigenvalue weighted by Gasteiger charge is 2.30. The minimum absolute atomic E-state index is 0.00967. The van der Waals surface area contributed by atoms with Crippen molar-refractivity contribution in [2.45, 2.75) is 38.6 Å². The SMILES string of the molecule is CC(C)C(CCO)NCC(O)c1cccc(C(F)(F)F)c1. The van der Waals surface area contributed by atoms with Gasteiger partial charge in [-0.1, -0.05) is 26.0 Å². The first kappa shape index (κ1) is 17.9. The Labute approximate surface area is 122 Å². The molecule has 0 saturated carbocycles. The second-order valence-corrected chi connectivity index (χ2v) is 5.41. The van der Waals surface area contributed by atoms with Crippen LogP contribution in [0.4, 0.5) is 13.2 Å². The fourth-order valence-electron chi connectivity index (χ4n) is 2.11. The van der Waals surface area contributed by atoms with Gasteiger partial charge in [0, 0.05) is 19.2 Å². The van der Waals surface area contributed by atoms with E-state index in [9.17, 15) is 18.3 Å². The van der Waals surface area contributed by atoms with Crippen LogP contribution in [0.5, 0.6) is 0 Å². The average molecular weight is 305 g/mol. The third-order valence-electron chi connectivity index (χ3n) is 3.42. The van der Waals surface area contributed by atoms with E-state index in [1.807, 2.05) is 13.8 Å². The molecule has 0 aliphatic rings. The zero-order valence-corrected chi connectivity index (χ0v) is 12.2. The third-order valence-corrected chi connectivity index (χ3v) is 3.42. The summed E-state index contributed by atoms with van der Waals surface area (Å²) in [7, 11) is 0. The van der Waals surface area contributed by atoms with Gasteiger partial charge in [0.15, 0.2) is 0 Å². The predicted molar refractivity (Wildman–Crippen MR) is 74.7 cm³/mol. The molecule has 6 heteroatoms. The summed E-state index contributed by atoms with van der Waals surface area (Å²) < 4.78 is 37.9. The van der Waals surface area contributed by atoms with E-state index in [2.05, 4.69) is 5.32 Å². The Kier molecular flexibility index (Phi) is 6.64. The smallest absolute Gasteiger partial charge is 0.396 e. The van der Waals surface area contributed by atoms with Crippen molar-refractivity contribution in [2.75, 3.05) is 13.2 Å². The summed E-state index contributed by atoms with van der Waals surface area (Å²) in [5.41, 5.74) is -0.543. The van der Waals surface area contributed by atoms with Crippen LogP contribution >= 0.6 is 0 Å². The molecule has 0 bridgehead atoms. The number of benzene rings is 1. The zero-order chi connectivity index (χ0) is 16.0. The van der Waals surface area contributed by atoms with Gasteiger partial charge in [-0.2, -0.15) is 13.2 Å². The number of alkyl halides is 3. The molecule has 0 aliphatic heterocycles. The average Bonchev–Trinajstić information content (AvgIpc) is 2.42. The van der Waals surface area contributed by atoms with Crippen molar-refractivity contribution in [3.05, 3.63) is 35.4 Å². The number of rotatable bonds is 7. The van der Waals surface area contributed by atoms with Gasteiger partial charge in [0.1, 0.15) is 0 Å². The summed E-state index contributed by atoms with van der Waals surface area (Å²) >= 11 is 0. The Morgan fingerprint density at radius 3 is 2.43 bits per heavy atom. The largest absolute Gasteiger partial charge is 0.416 e. The summed E-state index contributed by atoms with van der Waals surface area (Å²) in [6, 6.07) is 4.71. The van der Waals surface area contributed by atoms with Gasteiger partial charge in [-0.15, -0.1) is 0 Å². The Bertz CT molecular complexity index is 435. The van der Waals surface area contributed by atoms with Crippen molar-refractivity contribution < 1.29 is 23.4 Å². The molecule has 1 aromatic carbocycles. The van der Waals surface area contributed by atoms with E-state index in [4.69, 9.17) is 5.11 Å². The number of nitrogens with one attached hydrogen (secondary N) is 1. The Morgan fingerprint density at radius 1 is 1.24 bits per heavy atom. The van der Waals surface area contributed by atoms with Crippen molar-refractivity contribution in [1.82, 2.24) is 5.32 Å². The lowest BCUT2D eigenvalue weighted by Gasteiger charge is -2.23. The molecule has 0 heterocycles. The van der Waals surface area contributed by atoms with Gasteiger partial charge in [0.25, 0.3) is 0 Å². The fourth-order valence-corrected chi connectivity index (χ4v) is 2.11. The number of aliphatic hydroxyl groups excluding tert-OH is 2. The van der Waals surface area contributed by atoms with E-state index in [0.717, 1.165) is 12.1 Å². The first-order chi connectivity index (χ1) is 9.75. The molecular formula is C15H22F3NO2. The summed E-state index contributed by atoms with van der Waals surface area (Å²) in [5.74, 6) is 0.255. The van der Waals surface area contributed by atoms with Crippen LogP contribution in [0.15, 0.2) is 24.3 Å². The highest BCUT2D eigenvalue weighted by molar-refractivity contribution is 5.27. The van der Waals surface area contributed by atoms with E-state index in [1.54, 1.807) is 0 Å². The van der Waals surface area contributed by atoms with Crippen LogP contribution in [-0.4, -0.2) is 29.4 Å². The van der Waals surface area contributed by atoms with Crippen molar-refractivity contribution >= 4 is 0 Å². The number of halogens is 3. The minimum Gasteiger partial charge on any atom is -0.396 e. The highest BCUT2D eigenvalue weighted by atomic mass is 19.4. The Morgan fingerprint density at radius 2 is 1.90 bits per heavy atom. The lowest BCUT2D eigenvalue weighted by atomic mass is 10.00. The van der Waals surface area contributed by atoms with E-state index in [1.165, 1.54) is 12.1 Å². The van der Waals surface area contributed by atoms with Gasteiger partial charge in [0.05, 0.1) is 11.7 Å². The molecular weight excluding hydrogens is 283 g/mol. The maximum Gasteiger partial charge on any atom is 0.416 e. The van der Waals surface area contributed by atoms with Gasteiger partial charge >= 0.3 is 6.18 Å². The molecule has 2 atom stereocenters. The number of hydrogen-bond donors (Lipinski definition) is 3. The van der Waals surface area contributed by atoms with Crippen LogP contribution in [0.25, 0.3) is 0 Å². The van der Waals surface area contributed by atoms with Gasteiger partial charge in [-0.3, -0.25) is 0 Å². The molecule has 2 unspecified atom stereocenters. The Balaban J connectivity index is 2.69. The minimum atomic E-state index is -4.42. The van der Waals surface area contributed by atoms with Crippen LogP contribution in [-0.2, 0) is 6.18 Å². The maximum absolute atomic E-state index is 12.6.